The highest BCUT2D eigenvalue weighted by Crippen LogP contribution is 2.36. The Hall–Kier alpha value is -1.48. The largest absolute Gasteiger partial charge is 0.478 e. The molecule has 0 fully saturated rings. The van der Waals surface area contributed by atoms with Crippen LogP contribution in [0.2, 0.25) is 5.02 Å². The van der Waals surface area contributed by atoms with Gasteiger partial charge in [0.2, 0.25) is 0 Å². The van der Waals surface area contributed by atoms with E-state index < -0.39 is 12.1 Å². The zero-order valence-electron chi connectivity index (χ0n) is 7.87. The van der Waals surface area contributed by atoms with Gasteiger partial charge in [0.05, 0.1) is 0 Å². The Morgan fingerprint density at radius 2 is 2.33 bits per heavy atom. The molecule has 1 aromatic rings. The second-order valence-corrected chi connectivity index (χ2v) is 3.83. The van der Waals surface area contributed by atoms with Crippen LogP contribution in [0.15, 0.2) is 24.8 Å². The van der Waals surface area contributed by atoms with Crippen LogP contribution in [0.25, 0.3) is 5.57 Å². The van der Waals surface area contributed by atoms with Crippen molar-refractivity contribution in [1.82, 2.24) is 0 Å². The summed E-state index contributed by atoms with van der Waals surface area (Å²) in [6.07, 6.45) is -0.547. The molecule has 2 rings (SSSR count). The van der Waals surface area contributed by atoms with Gasteiger partial charge in [-0.2, -0.15) is 0 Å². The van der Waals surface area contributed by atoms with E-state index in [2.05, 4.69) is 6.58 Å². The molecule has 15 heavy (non-hydrogen) atoms. The number of carboxylic acids is 1. The summed E-state index contributed by atoms with van der Waals surface area (Å²) >= 11 is 5.83. The van der Waals surface area contributed by atoms with E-state index in [4.69, 9.17) is 21.4 Å². The molecule has 0 aliphatic carbocycles. The van der Waals surface area contributed by atoms with Gasteiger partial charge < -0.3 is 9.84 Å². The zero-order valence-corrected chi connectivity index (χ0v) is 8.62. The first-order valence-corrected chi connectivity index (χ1v) is 4.83. The van der Waals surface area contributed by atoms with Gasteiger partial charge >= 0.3 is 5.97 Å². The predicted molar refractivity (Wildman–Crippen MR) is 57.2 cm³/mol. The molecule has 78 valence electrons. The topological polar surface area (TPSA) is 46.5 Å². The summed E-state index contributed by atoms with van der Waals surface area (Å²) in [7, 11) is 0. The second-order valence-electron chi connectivity index (χ2n) is 3.39. The maximum atomic E-state index is 10.8. The monoisotopic (exact) mass is 224 g/mol. The summed E-state index contributed by atoms with van der Waals surface area (Å²) in [6, 6.07) is 5.06. The molecule has 0 bridgehead atoms. The summed E-state index contributed by atoms with van der Waals surface area (Å²) in [6.45, 7) is 3.83. The van der Waals surface area contributed by atoms with Gasteiger partial charge in [-0.05, 0) is 23.8 Å². The molecule has 0 saturated carbocycles. The average molecular weight is 225 g/mol. The molecular formula is C11H9ClO3. The standard InChI is InChI=1S/C11H9ClO3/c1-6-4-10(11(13)14)15-9-3-2-7(12)5-8(6)9/h2-3,5,10H,1,4H2,(H,13,14)/t10-/m0/s1. The van der Waals surface area contributed by atoms with Gasteiger partial charge in [-0.25, -0.2) is 4.79 Å². The minimum Gasteiger partial charge on any atom is -0.478 e. The molecule has 4 heteroatoms. The number of rotatable bonds is 1. The molecule has 3 nitrogen and oxygen atoms in total. The molecule has 0 unspecified atom stereocenters. The molecule has 1 aliphatic rings. The quantitative estimate of drug-likeness (QED) is 0.798. The number of carboxylic acid groups (broad SMARTS) is 1. The van der Waals surface area contributed by atoms with Crippen LogP contribution in [0, 0.1) is 0 Å². The number of hydrogen-bond acceptors (Lipinski definition) is 2. The Balaban J connectivity index is 2.41. The van der Waals surface area contributed by atoms with Crippen LogP contribution < -0.4 is 4.74 Å². The molecule has 1 N–H and O–H groups in total. The third kappa shape index (κ3) is 1.83. The Kier molecular flexibility index (Phi) is 2.40. The molecule has 0 spiro atoms. The van der Waals surface area contributed by atoms with E-state index in [1.165, 1.54) is 0 Å². The highest BCUT2D eigenvalue weighted by atomic mass is 35.5. The summed E-state index contributed by atoms with van der Waals surface area (Å²) in [5.74, 6) is -0.445. The fourth-order valence-corrected chi connectivity index (χ4v) is 1.72. The fraction of sp³-hybridized carbons (Fsp3) is 0.182. The van der Waals surface area contributed by atoms with E-state index in [-0.39, 0.29) is 0 Å². The van der Waals surface area contributed by atoms with E-state index in [1.54, 1.807) is 18.2 Å². The number of aliphatic carboxylic acids is 1. The van der Waals surface area contributed by atoms with Gasteiger partial charge in [-0.15, -0.1) is 0 Å². The van der Waals surface area contributed by atoms with Crippen LogP contribution in [-0.2, 0) is 4.79 Å². The third-order valence-electron chi connectivity index (χ3n) is 2.30. The first-order chi connectivity index (χ1) is 7.08. The van der Waals surface area contributed by atoms with Crippen molar-refractivity contribution in [2.75, 3.05) is 0 Å². The van der Waals surface area contributed by atoms with Crippen molar-refractivity contribution in [2.45, 2.75) is 12.5 Å². The van der Waals surface area contributed by atoms with Crippen molar-refractivity contribution in [2.24, 2.45) is 0 Å². The lowest BCUT2D eigenvalue weighted by Crippen LogP contribution is -2.30. The minimum atomic E-state index is -0.975. The van der Waals surface area contributed by atoms with Gasteiger partial charge in [0.1, 0.15) is 5.75 Å². The molecule has 0 amide bonds. The van der Waals surface area contributed by atoms with E-state index in [0.717, 1.165) is 11.1 Å². The predicted octanol–water partition coefficient (Wildman–Crippen LogP) is 2.59. The van der Waals surface area contributed by atoms with Gasteiger partial charge in [0.15, 0.2) is 6.10 Å². The van der Waals surface area contributed by atoms with Crippen LogP contribution in [-0.4, -0.2) is 17.2 Å². The van der Waals surface area contributed by atoms with Crippen molar-refractivity contribution in [3.63, 3.8) is 0 Å². The normalized spacial score (nSPS) is 19.3. The lowest BCUT2D eigenvalue weighted by molar-refractivity contribution is -0.145. The molecule has 1 aromatic carbocycles. The number of halogens is 1. The van der Waals surface area contributed by atoms with E-state index in [0.29, 0.717) is 17.2 Å². The van der Waals surface area contributed by atoms with Crippen LogP contribution in [0.3, 0.4) is 0 Å². The van der Waals surface area contributed by atoms with E-state index in [9.17, 15) is 4.79 Å². The van der Waals surface area contributed by atoms with E-state index in [1.807, 2.05) is 0 Å². The average Bonchev–Trinajstić information content (AvgIpc) is 2.18. The van der Waals surface area contributed by atoms with Crippen molar-refractivity contribution in [1.29, 1.82) is 0 Å². The van der Waals surface area contributed by atoms with Crippen LogP contribution >= 0.6 is 11.6 Å². The number of ether oxygens (including phenoxy) is 1. The number of hydrogen-bond donors (Lipinski definition) is 1. The van der Waals surface area contributed by atoms with Gasteiger partial charge in [0, 0.05) is 17.0 Å². The highest BCUT2D eigenvalue weighted by Gasteiger charge is 2.27. The Bertz CT molecular complexity index is 439. The summed E-state index contributed by atoms with van der Waals surface area (Å²) in [5, 5.41) is 9.43. The molecule has 1 heterocycles. The Labute approximate surface area is 91.9 Å². The molecule has 0 aromatic heterocycles. The van der Waals surface area contributed by atoms with Crippen molar-refractivity contribution in [3.05, 3.63) is 35.4 Å². The smallest absolute Gasteiger partial charge is 0.345 e. The summed E-state index contributed by atoms with van der Waals surface area (Å²) in [5.41, 5.74) is 1.53. The van der Waals surface area contributed by atoms with E-state index >= 15 is 0 Å². The van der Waals surface area contributed by atoms with Crippen molar-refractivity contribution < 1.29 is 14.6 Å². The van der Waals surface area contributed by atoms with Gasteiger partial charge in [-0.3, -0.25) is 0 Å². The highest BCUT2D eigenvalue weighted by molar-refractivity contribution is 6.30. The molecule has 1 atom stereocenters. The maximum absolute atomic E-state index is 10.8. The van der Waals surface area contributed by atoms with Gasteiger partial charge in [-0.1, -0.05) is 18.2 Å². The maximum Gasteiger partial charge on any atom is 0.345 e. The SMILES string of the molecule is C=C1C[C@@H](C(=O)O)Oc2ccc(Cl)cc21. The summed E-state index contributed by atoms with van der Waals surface area (Å²) in [4.78, 5) is 10.8. The fourth-order valence-electron chi connectivity index (χ4n) is 1.55. The first-order valence-electron chi connectivity index (χ1n) is 4.45. The minimum absolute atomic E-state index is 0.294. The number of benzene rings is 1. The molecular weight excluding hydrogens is 216 g/mol. The number of fused-ring (bicyclic) bond motifs is 1. The van der Waals surface area contributed by atoms with Gasteiger partial charge in [0.25, 0.3) is 0 Å². The number of carbonyl (C=O) groups is 1. The molecule has 1 aliphatic heterocycles. The lowest BCUT2D eigenvalue weighted by atomic mass is 9.97. The lowest BCUT2D eigenvalue weighted by Gasteiger charge is -2.24. The first kappa shape index (κ1) is 10.1. The second kappa shape index (κ2) is 3.59. The molecule has 0 radical (unpaired) electrons. The Morgan fingerprint density at radius 1 is 1.60 bits per heavy atom. The summed E-state index contributed by atoms with van der Waals surface area (Å²) < 4.78 is 5.30. The Morgan fingerprint density at radius 3 is 3.00 bits per heavy atom. The zero-order chi connectivity index (χ0) is 11.0. The third-order valence-corrected chi connectivity index (χ3v) is 2.53. The van der Waals surface area contributed by atoms with Crippen LogP contribution in [0.4, 0.5) is 0 Å². The molecule has 0 saturated heterocycles. The van der Waals surface area contributed by atoms with Crippen molar-refractivity contribution in [3.8, 4) is 5.75 Å². The van der Waals surface area contributed by atoms with Crippen LogP contribution in [0.5, 0.6) is 5.75 Å². The van der Waals surface area contributed by atoms with Crippen LogP contribution in [0.1, 0.15) is 12.0 Å². The van der Waals surface area contributed by atoms with Crippen molar-refractivity contribution >= 4 is 23.1 Å².